The van der Waals surface area contributed by atoms with Crippen LogP contribution >= 0.6 is 0 Å². The Balaban J connectivity index is 1.33. The summed E-state index contributed by atoms with van der Waals surface area (Å²) in [4.78, 5) is 12.5. The van der Waals surface area contributed by atoms with Gasteiger partial charge in [-0.2, -0.15) is 10.2 Å². The van der Waals surface area contributed by atoms with Crippen LogP contribution in [0.15, 0.2) is 102 Å². The van der Waals surface area contributed by atoms with Crippen molar-refractivity contribution < 1.29 is 4.79 Å². The Labute approximate surface area is 185 Å². The minimum absolute atomic E-state index is 0.344. The zero-order valence-corrected chi connectivity index (χ0v) is 17.3. The molecule has 6 heteroatoms. The van der Waals surface area contributed by atoms with Gasteiger partial charge in [0.2, 0.25) is 0 Å². The van der Waals surface area contributed by atoms with Crippen molar-refractivity contribution in [2.45, 2.75) is 6.54 Å². The van der Waals surface area contributed by atoms with Crippen molar-refractivity contribution in [2.75, 3.05) is 0 Å². The molecule has 0 atom stereocenters. The van der Waals surface area contributed by atoms with Crippen LogP contribution in [0.25, 0.3) is 22.2 Å². The molecule has 2 heterocycles. The van der Waals surface area contributed by atoms with E-state index in [1.165, 1.54) is 5.56 Å². The summed E-state index contributed by atoms with van der Waals surface area (Å²) in [6.45, 7) is 0.762. The topological polar surface area (TPSA) is 75.1 Å². The van der Waals surface area contributed by atoms with E-state index < -0.39 is 0 Å². The molecule has 0 bridgehead atoms. The molecule has 0 aliphatic rings. The lowest BCUT2D eigenvalue weighted by Gasteiger charge is -2.05. The fourth-order valence-corrected chi connectivity index (χ4v) is 3.70. The van der Waals surface area contributed by atoms with Crippen LogP contribution in [0.2, 0.25) is 0 Å². The third-order valence-electron chi connectivity index (χ3n) is 5.28. The van der Waals surface area contributed by atoms with Gasteiger partial charge in [-0.3, -0.25) is 9.89 Å². The second-order valence-corrected chi connectivity index (χ2v) is 7.45. The maximum atomic E-state index is 12.5. The first kappa shape index (κ1) is 19.5. The van der Waals surface area contributed by atoms with Gasteiger partial charge in [0.05, 0.1) is 11.9 Å². The smallest absolute Gasteiger partial charge is 0.289 e. The number of amides is 1. The predicted molar refractivity (Wildman–Crippen MR) is 127 cm³/mol. The van der Waals surface area contributed by atoms with Gasteiger partial charge in [-0.1, -0.05) is 78.9 Å². The summed E-state index contributed by atoms with van der Waals surface area (Å²) in [7, 11) is 0. The molecule has 0 fully saturated rings. The molecule has 0 unspecified atom stereocenters. The molecule has 3 aromatic carbocycles. The van der Waals surface area contributed by atoms with E-state index in [1.54, 1.807) is 12.3 Å². The molecule has 32 heavy (non-hydrogen) atoms. The van der Waals surface area contributed by atoms with Gasteiger partial charge < -0.3 is 4.57 Å². The highest BCUT2D eigenvalue weighted by atomic mass is 16.2. The first-order valence-electron chi connectivity index (χ1n) is 10.3. The van der Waals surface area contributed by atoms with Crippen LogP contribution in [-0.4, -0.2) is 26.9 Å². The van der Waals surface area contributed by atoms with Crippen LogP contribution in [-0.2, 0) is 6.54 Å². The Morgan fingerprint density at radius 1 is 0.969 bits per heavy atom. The SMILES string of the molecule is O=C(N/N=C\c1cn(Cc2ccccc2)c2ccccc12)c1cc(-c2ccccc2)n[nH]1. The van der Waals surface area contributed by atoms with Crippen molar-refractivity contribution in [3.8, 4) is 11.3 Å². The third-order valence-corrected chi connectivity index (χ3v) is 5.28. The van der Waals surface area contributed by atoms with Crippen LogP contribution in [0.4, 0.5) is 0 Å². The van der Waals surface area contributed by atoms with Crippen molar-refractivity contribution >= 4 is 23.0 Å². The number of aromatic amines is 1. The van der Waals surface area contributed by atoms with Crippen molar-refractivity contribution in [3.05, 3.63) is 114 Å². The number of benzene rings is 3. The van der Waals surface area contributed by atoms with Crippen LogP contribution in [0.3, 0.4) is 0 Å². The highest BCUT2D eigenvalue weighted by Crippen LogP contribution is 2.21. The number of rotatable bonds is 6. The zero-order chi connectivity index (χ0) is 21.8. The van der Waals surface area contributed by atoms with Gasteiger partial charge in [-0.05, 0) is 17.7 Å². The van der Waals surface area contributed by atoms with E-state index in [0.29, 0.717) is 11.4 Å². The summed E-state index contributed by atoms with van der Waals surface area (Å²) in [6, 6.07) is 29.9. The molecule has 0 aliphatic carbocycles. The molecule has 0 aliphatic heterocycles. The number of para-hydroxylation sites is 1. The highest BCUT2D eigenvalue weighted by Gasteiger charge is 2.11. The summed E-state index contributed by atoms with van der Waals surface area (Å²) in [5.74, 6) is -0.344. The van der Waals surface area contributed by atoms with Gasteiger partial charge in [0.1, 0.15) is 5.69 Å². The lowest BCUT2D eigenvalue weighted by Crippen LogP contribution is -2.17. The molecule has 6 nitrogen and oxygen atoms in total. The van der Waals surface area contributed by atoms with E-state index in [4.69, 9.17) is 0 Å². The van der Waals surface area contributed by atoms with Crippen molar-refractivity contribution in [1.29, 1.82) is 0 Å². The predicted octanol–water partition coefficient (Wildman–Crippen LogP) is 4.84. The number of carbonyl (C=O) groups is 1. The number of hydrogen-bond donors (Lipinski definition) is 2. The van der Waals surface area contributed by atoms with Gasteiger partial charge in [-0.25, -0.2) is 5.43 Å². The molecule has 0 radical (unpaired) electrons. The summed E-state index contributed by atoms with van der Waals surface area (Å²) >= 11 is 0. The quantitative estimate of drug-likeness (QED) is 0.305. The number of H-pyrrole nitrogens is 1. The summed E-state index contributed by atoms with van der Waals surface area (Å²) in [5, 5.41) is 12.3. The van der Waals surface area contributed by atoms with Crippen LogP contribution in [0.1, 0.15) is 21.6 Å². The van der Waals surface area contributed by atoms with Crippen LogP contribution in [0.5, 0.6) is 0 Å². The molecule has 5 aromatic rings. The lowest BCUT2D eigenvalue weighted by molar-refractivity contribution is 0.0950. The fraction of sp³-hybridized carbons (Fsp3) is 0.0385. The Morgan fingerprint density at radius 3 is 2.50 bits per heavy atom. The Morgan fingerprint density at radius 2 is 1.69 bits per heavy atom. The number of nitrogens with zero attached hydrogens (tertiary/aromatic N) is 3. The number of aromatic nitrogens is 3. The summed E-state index contributed by atoms with van der Waals surface area (Å²) < 4.78 is 2.19. The molecule has 2 aromatic heterocycles. The summed E-state index contributed by atoms with van der Waals surface area (Å²) in [6.07, 6.45) is 3.73. The van der Waals surface area contributed by atoms with Gasteiger partial charge >= 0.3 is 0 Å². The Hall–Kier alpha value is -4.45. The minimum Gasteiger partial charge on any atom is -0.342 e. The van der Waals surface area contributed by atoms with Gasteiger partial charge in [0.25, 0.3) is 5.91 Å². The molecular weight excluding hydrogens is 398 g/mol. The van der Waals surface area contributed by atoms with Crippen molar-refractivity contribution in [2.24, 2.45) is 5.10 Å². The maximum Gasteiger partial charge on any atom is 0.289 e. The van der Waals surface area contributed by atoms with E-state index in [1.807, 2.05) is 60.7 Å². The lowest BCUT2D eigenvalue weighted by atomic mass is 10.1. The average Bonchev–Trinajstić information content (AvgIpc) is 3.47. The molecule has 1 amide bonds. The molecule has 0 saturated carbocycles. The number of hydrazone groups is 1. The maximum absolute atomic E-state index is 12.5. The van der Waals surface area contributed by atoms with E-state index >= 15 is 0 Å². The van der Waals surface area contributed by atoms with E-state index in [9.17, 15) is 4.79 Å². The molecular formula is C26H21N5O. The number of carbonyl (C=O) groups excluding carboxylic acids is 1. The Kier molecular flexibility index (Phi) is 5.32. The first-order chi connectivity index (χ1) is 15.8. The Bertz CT molecular complexity index is 1380. The van der Waals surface area contributed by atoms with E-state index in [2.05, 4.69) is 55.8 Å². The first-order valence-corrected chi connectivity index (χ1v) is 10.3. The zero-order valence-electron chi connectivity index (χ0n) is 17.3. The van der Waals surface area contributed by atoms with Gasteiger partial charge in [-0.15, -0.1) is 0 Å². The number of fused-ring (bicyclic) bond motifs is 1. The van der Waals surface area contributed by atoms with Crippen molar-refractivity contribution in [3.63, 3.8) is 0 Å². The monoisotopic (exact) mass is 419 g/mol. The second-order valence-electron chi connectivity index (χ2n) is 7.45. The van der Waals surface area contributed by atoms with Gasteiger partial charge in [0.15, 0.2) is 0 Å². The molecule has 156 valence electrons. The number of hydrogen-bond acceptors (Lipinski definition) is 3. The molecule has 2 N–H and O–H groups in total. The normalized spacial score (nSPS) is 11.2. The van der Waals surface area contributed by atoms with E-state index in [-0.39, 0.29) is 5.91 Å². The molecule has 0 spiro atoms. The minimum atomic E-state index is -0.344. The van der Waals surface area contributed by atoms with Crippen LogP contribution in [0, 0.1) is 0 Å². The third kappa shape index (κ3) is 4.06. The largest absolute Gasteiger partial charge is 0.342 e. The van der Waals surface area contributed by atoms with Gasteiger partial charge in [0, 0.05) is 34.8 Å². The fourth-order valence-electron chi connectivity index (χ4n) is 3.70. The molecule has 5 rings (SSSR count). The average molecular weight is 419 g/mol. The second kappa shape index (κ2) is 8.73. The highest BCUT2D eigenvalue weighted by molar-refractivity contribution is 6.00. The standard InChI is InChI=1S/C26H21N5O/c32-26(24-15-23(28-29-24)20-11-5-2-6-12-20)30-27-16-21-18-31(17-19-9-3-1-4-10-19)25-14-8-7-13-22(21)25/h1-16,18H,17H2,(H,28,29)(H,30,32)/b27-16-. The van der Waals surface area contributed by atoms with Crippen molar-refractivity contribution in [1.82, 2.24) is 20.2 Å². The number of nitrogens with one attached hydrogen (secondary N) is 2. The molecule has 0 saturated heterocycles. The van der Waals surface area contributed by atoms with E-state index in [0.717, 1.165) is 28.6 Å². The van der Waals surface area contributed by atoms with Crippen LogP contribution < -0.4 is 5.43 Å². The summed E-state index contributed by atoms with van der Waals surface area (Å²) in [5.41, 5.74) is 7.87.